The smallest absolute Gasteiger partial charge is 0.134 e. The molecule has 1 heterocycles. The molecule has 0 radical (unpaired) electrons. The first-order chi connectivity index (χ1) is 6.18. The summed E-state index contributed by atoms with van der Waals surface area (Å²) in [5.41, 5.74) is 4.39. The van der Waals surface area contributed by atoms with Crippen LogP contribution in [0.4, 0.5) is 0 Å². The van der Waals surface area contributed by atoms with Gasteiger partial charge in [0.05, 0.1) is 6.26 Å². The van der Waals surface area contributed by atoms with Crippen LogP contribution in [0.1, 0.15) is 18.1 Å². The van der Waals surface area contributed by atoms with E-state index in [-0.39, 0.29) is 0 Å². The quantitative estimate of drug-likeness (QED) is 0.638. The van der Waals surface area contributed by atoms with Crippen LogP contribution in [0.5, 0.6) is 0 Å². The summed E-state index contributed by atoms with van der Waals surface area (Å²) in [6.45, 7) is 7.98. The maximum Gasteiger partial charge on any atom is 0.134 e. The van der Waals surface area contributed by atoms with E-state index >= 15 is 0 Å². The summed E-state index contributed by atoms with van der Waals surface area (Å²) < 4.78 is 5.35. The van der Waals surface area contributed by atoms with E-state index in [0.29, 0.717) is 0 Å². The highest BCUT2D eigenvalue weighted by Crippen LogP contribution is 2.24. The van der Waals surface area contributed by atoms with Gasteiger partial charge >= 0.3 is 0 Å². The molecule has 0 bridgehead atoms. The van der Waals surface area contributed by atoms with Crippen LogP contribution in [-0.2, 0) is 0 Å². The Morgan fingerprint density at radius 1 is 1.38 bits per heavy atom. The molecule has 1 heteroatoms. The van der Waals surface area contributed by atoms with Gasteiger partial charge in [0, 0.05) is 5.39 Å². The molecule has 0 aliphatic carbocycles. The molecule has 13 heavy (non-hydrogen) atoms. The summed E-state index contributed by atoms with van der Waals surface area (Å²) in [4.78, 5) is 0. The van der Waals surface area contributed by atoms with Gasteiger partial charge in [-0.1, -0.05) is 18.2 Å². The standard InChI is InChI=1S/C12H12O/c1-8(2)10-4-5-12-11(6-10)9(3)7-13-12/h4-7H,1H2,2-3H3. The van der Waals surface area contributed by atoms with E-state index in [1.165, 1.54) is 16.5 Å². The SMILES string of the molecule is C=C(C)c1ccc2occ(C)c2c1. The molecule has 0 amide bonds. The monoisotopic (exact) mass is 172 g/mol. The van der Waals surface area contributed by atoms with Gasteiger partial charge in [-0.2, -0.15) is 0 Å². The first kappa shape index (κ1) is 8.11. The fourth-order valence-corrected chi connectivity index (χ4v) is 1.42. The molecule has 1 nitrogen and oxygen atoms in total. The molecule has 0 unspecified atom stereocenters. The number of allylic oxidation sites excluding steroid dienone is 1. The molecular weight excluding hydrogens is 160 g/mol. The van der Waals surface area contributed by atoms with Crippen LogP contribution in [0, 0.1) is 6.92 Å². The Morgan fingerprint density at radius 3 is 2.85 bits per heavy atom. The Kier molecular flexibility index (Phi) is 1.73. The van der Waals surface area contributed by atoms with E-state index < -0.39 is 0 Å². The van der Waals surface area contributed by atoms with E-state index in [1.54, 1.807) is 6.26 Å². The predicted molar refractivity (Wildman–Crippen MR) is 55.7 cm³/mol. The summed E-state index contributed by atoms with van der Waals surface area (Å²) in [5.74, 6) is 0. The zero-order valence-electron chi connectivity index (χ0n) is 7.92. The summed E-state index contributed by atoms with van der Waals surface area (Å²) >= 11 is 0. The molecule has 0 spiro atoms. The Hall–Kier alpha value is -1.50. The van der Waals surface area contributed by atoms with Crippen LogP contribution in [0.2, 0.25) is 0 Å². The van der Waals surface area contributed by atoms with E-state index in [1.807, 2.05) is 26.0 Å². The Labute approximate surface area is 77.7 Å². The first-order valence-corrected chi connectivity index (χ1v) is 4.32. The summed E-state index contributed by atoms with van der Waals surface area (Å²) in [5, 5.41) is 1.18. The number of hydrogen-bond acceptors (Lipinski definition) is 1. The van der Waals surface area contributed by atoms with Gasteiger partial charge in [0.25, 0.3) is 0 Å². The van der Waals surface area contributed by atoms with Gasteiger partial charge in [-0.05, 0) is 37.1 Å². The van der Waals surface area contributed by atoms with Crippen LogP contribution in [-0.4, -0.2) is 0 Å². The Bertz CT molecular complexity index is 463. The summed E-state index contributed by atoms with van der Waals surface area (Å²) in [6, 6.07) is 6.15. The molecule has 66 valence electrons. The second-order valence-corrected chi connectivity index (χ2v) is 3.41. The second kappa shape index (κ2) is 2.77. The lowest BCUT2D eigenvalue weighted by Gasteiger charge is -1.98. The van der Waals surface area contributed by atoms with E-state index in [4.69, 9.17) is 4.42 Å². The molecule has 2 rings (SSSR count). The van der Waals surface area contributed by atoms with Gasteiger partial charge in [-0.15, -0.1) is 0 Å². The van der Waals surface area contributed by atoms with Gasteiger partial charge in [0.2, 0.25) is 0 Å². The molecule has 1 aromatic heterocycles. The number of hydrogen-bond donors (Lipinski definition) is 0. The summed E-state index contributed by atoms with van der Waals surface area (Å²) in [6.07, 6.45) is 1.78. The Morgan fingerprint density at radius 2 is 2.15 bits per heavy atom. The minimum Gasteiger partial charge on any atom is -0.464 e. The van der Waals surface area contributed by atoms with Crippen molar-refractivity contribution >= 4 is 16.5 Å². The lowest BCUT2D eigenvalue weighted by molar-refractivity contribution is 0.613. The number of fused-ring (bicyclic) bond motifs is 1. The fraction of sp³-hybridized carbons (Fsp3) is 0.167. The molecule has 0 aliphatic rings. The molecule has 2 aromatic rings. The number of furan rings is 1. The van der Waals surface area contributed by atoms with Crippen molar-refractivity contribution in [1.29, 1.82) is 0 Å². The van der Waals surface area contributed by atoms with Crippen molar-refractivity contribution in [2.24, 2.45) is 0 Å². The third kappa shape index (κ3) is 1.26. The van der Waals surface area contributed by atoms with Crippen molar-refractivity contribution in [3.05, 3.63) is 42.2 Å². The minimum absolute atomic E-state index is 0.947. The van der Waals surface area contributed by atoms with Crippen molar-refractivity contribution < 1.29 is 4.42 Å². The largest absolute Gasteiger partial charge is 0.464 e. The lowest BCUT2D eigenvalue weighted by atomic mass is 10.1. The van der Waals surface area contributed by atoms with Gasteiger partial charge in [0.15, 0.2) is 0 Å². The Balaban J connectivity index is 2.72. The van der Waals surface area contributed by atoms with Gasteiger partial charge in [-0.3, -0.25) is 0 Å². The molecule has 0 fully saturated rings. The first-order valence-electron chi connectivity index (χ1n) is 4.32. The van der Waals surface area contributed by atoms with Gasteiger partial charge < -0.3 is 4.42 Å². The van der Waals surface area contributed by atoms with Gasteiger partial charge in [0.1, 0.15) is 5.58 Å². The van der Waals surface area contributed by atoms with Crippen LogP contribution >= 0.6 is 0 Å². The average molecular weight is 172 g/mol. The molecule has 0 aliphatic heterocycles. The zero-order chi connectivity index (χ0) is 9.42. The van der Waals surface area contributed by atoms with E-state index in [9.17, 15) is 0 Å². The zero-order valence-corrected chi connectivity index (χ0v) is 7.92. The van der Waals surface area contributed by atoms with E-state index in [0.717, 1.165) is 11.2 Å². The third-order valence-corrected chi connectivity index (χ3v) is 2.26. The maximum atomic E-state index is 5.35. The van der Waals surface area contributed by atoms with Gasteiger partial charge in [-0.25, -0.2) is 0 Å². The van der Waals surface area contributed by atoms with Crippen molar-refractivity contribution in [3.63, 3.8) is 0 Å². The maximum absolute atomic E-state index is 5.35. The van der Waals surface area contributed by atoms with Crippen molar-refractivity contribution in [2.45, 2.75) is 13.8 Å². The summed E-state index contributed by atoms with van der Waals surface area (Å²) in [7, 11) is 0. The van der Waals surface area contributed by atoms with Crippen molar-refractivity contribution in [2.75, 3.05) is 0 Å². The molecule has 0 atom stereocenters. The average Bonchev–Trinajstić information content (AvgIpc) is 2.47. The second-order valence-electron chi connectivity index (χ2n) is 3.41. The molecule has 0 N–H and O–H groups in total. The minimum atomic E-state index is 0.947. The number of aryl methyl sites for hydroxylation is 1. The third-order valence-electron chi connectivity index (χ3n) is 2.26. The van der Waals surface area contributed by atoms with Crippen molar-refractivity contribution in [1.82, 2.24) is 0 Å². The van der Waals surface area contributed by atoms with E-state index in [2.05, 4.69) is 12.6 Å². The fourth-order valence-electron chi connectivity index (χ4n) is 1.42. The van der Waals surface area contributed by atoms with Crippen LogP contribution in [0.3, 0.4) is 0 Å². The van der Waals surface area contributed by atoms with Crippen LogP contribution in [0.25, 0.3) is 16.5 Å². The van der Waals surface area contributed by atoms with Crippen LogP contribution in [0.15, 0.2) is 35.5 Å². The number of benzene rings is 1. The molecule has 0 saturated heterocycles. The normalized spacial score (nSPS) is 10.6. The lowest BCUT2D eigenvalue weighted by Crippen LogP contribution is -1.77. The number of rotatable bonds is 1. The molecule has 1 aromatic carbocycles. The highest BCUT2D eigenvalue weighted by molar-refractivity contribution is 5.84. The highest BCUT2D eigenvalue weighted by atomic mass is 16.3. The predicted octanol–water partition coefficient (Wildman–Crippen LogP) is 3.77. The highest BCUT2D eigenvalue weighted by Gasteiger charge is 2.02. The molecular formula is C12H12O. The molecule has 0 saturated carbocycles. The van der Waals surface area contributed by atoms with Crippen LogP contribution < -0.4 is 0 Å². The topological polar surface area (TPSA) is 13.1 Å². The van der Waals surface area contributed by atoms with Crippen molar-refractivity contribution in [3.8, 4) is 0 Å².